The number of benzene rings is 1. The van der Waals surface area contributed by atoms with Crippen molar-refractivity contribution >= 4 is 17.1 Å². The van der Waals surface area contributed by atoms with E-state index in [-0.39, 0.29) is 16.5 Å². The molecule has 0 atom stereocenters. The monoisotopic (exact) mass is 249 g/mol. The summed E-state index contributed by atoms with van der Waals surface area (Å²) in [7, 11) is 0. The van der Waals surface area contributed by atoms with E-state index in [0.29, 0.717) is 17.4 Å². The Morgan fingerprint density at radius 2 is 1.78 bits per heavy atom. The number of anilines is 2. The van der Waals surface area contributed by atoms with Gasteiger partial charge in [-0.2, -0.15) is 0 Å². The van der Waals surface area contributed by atoms with Crippen molar-refractivity contribution in [3.05, 3.63) is 28.3 Å². The smallest absolute Gasteiger partial charge is 0.273 e. The molecule has 0 spiro atoms. The number of nitrogens with zero attached hydrogens (tertiary/aromatic N) is 1. The van der Waals surface area contributed by atoms with Gasteiger partial charge in [-0.3, -0.25) is 10.1 Å². The van der Waals surface area contributed by atoms with Crippen molar-refractivity contribution < 1.29 is 4.92 Å². The van der Waals surface area contributed by atoms with Crippen LogP contribution in [0.2, 0.25) is 0 Å². The third-order valence-corrected chi connectivity index (χ3v) is 4.48. The Morgan fingerprint density at radius 1 is 1.22 bits per heavy atom. The maximum Gasteiger partial charge on any atom is 0.273 e. The molecular formula is C13H19N3O2. The van der Waals surface area contributed by atoms with Gasteiger partial charge in [0.05, 0.1) is 4.92 Å². The number of nitrogens with two attached hydrogens (primary N) is 1. The van der Waals surface area contributed by atoms with Crippen LogP contribution in [0.25, 0.3) is 0 Å². The van der Waals surface area contributed by atoms with E-state index < -0.39 is 4.92 Å². The van der Waals surface area contributed by atoms with Crippen LogP contribution in [0.1, 0.15) is 27.7 Å². The molecule has 0 amide bonds. The predicted molar refractivity (Wildman–Crippen MR) is 72.5 cm³/mol. The summed E-state index contributed by atoms with van der Waals surface area (Å²) in [6.07, 6.45) is 0. The van der Waals surface area contributed by atoms with Crippen LogP contribution in [-0.4, -0.2) is 11.0 Å². The van der Waals surface area contributed by atoms with Gasteiger partial charge in [-0.1, -0.05) is 27.7 Å². The van der Waals surface area contributed by atoms with Gasteiger partial charge < -0.3 is 11.1 Å². The molecule has 0 radical (unpaired) electrons. The summed E-state index contributed by atoms with van der Waals surface area (Å²) in [5.41, 5.74) is 7.17. The number of non-ortho nitro benzene ring substituents is 1. The number of hydrogen-bond donors (Lipinski definition) is 2. The highest BCUT2D eigenvalue weighted by atomic mass is 16.6. The van der Waals surface area contributed by atoms with Crippen molar-refractivity contribution in [2.45, 2.75) is 33.7 Å². The first kappa shape index (κ1) is 12.7. The molecule has 0 bridgehead atoms. The molecule has 1 aliphatic rings. The van der Waals surface area contributed by atoms with Gasteiger partial charge in [0, 0.05) is 29.5 Å². The highest BCUT2D eigenvalue weighted by molar-refractivity contribution is 5.62. The second-order valence-corrected chi connectivity index (χ2v) is 6.09. The maximum atomic E-state index is 10.8. The summed E-state index contributed by atoms with van der Waals surface area (Å²) in [4.78, 5) is 10.4. The summed E-state index contributed by atoms with van der Waals surface area (Å²) in [5, 5.41) is 14.1. The van der Waals surface area contributed by atoms with Crippen molar-refractivity contribution in [1.29, 1.82) is 0 Å². The van der Waals surface area contributed by atoms with Crippen LogP contribution in [0.3, 0.4) is 0 Å². The van der Waals surface area contributed by atoms with E-state index in [1.807, 2.05) is 0 Å². The minimum atomic E-state index is -0.426. The number of nitro groups is 1. The predicted octanol–water partition coefficient (Wildman–Crippen LogP) is 3.02. The Bertz CT molecular complexity index is 495. The van der Waals surface area contributed by atoms with Crippen LogP contribution in [0.15, 0.2) is 18.2 Å². The van der Waals surface area contributed by atoms with Crippen molar-refractivity contribution in [3.63, 3.8) is 0 Å². The van der Waals surface area contributed by atoms with E-state index in [1.165, 1.54) is 12.1 Å². The lowest BCUT2D eigenvalue weighted by Crippen LogP contribution is -2.10. The Labute approximate surface area is 107 Å². The van der Waals surface area contributed by atoms with E-state index in [4.69, 9.17) is 5.73 Å². The zero-order valence-electron chi connectivity index (χ0n) is 11.2. The zero-order chi connectivity index (χ0) is 13.7. The average molecular weight is 249 g/mol. The van der Waals surface area contributed by atoms with Crippen molar-refractivity contribution in [1.82, 2.24) is 0 Å². The van der Waals surface area contributed by atoms with Crippen LogP contribution in [0.5, 0.6) is 0 Å². The van der Waals surface area contributed by atoms with Crippen molar-refractivity contribution in [3.8, 4) is 0 Å². The molecule has 1 aromatic rings. The molecule has 1 aliphatic carbocycles. The molecule has 0 saturated heterocycles. The summed E-state index contributed by atoms with van der Waals surface area (Å²) in [6.45, 7) is 8.74. The lowest BCUT2D eigenvalue weighted by molar-refractivity contribution is -0.384. The Kier molecular flexibility index (Phi) is 2.54. The van der Waals surface area contributed by atoms with Crippen molar-refractivity contribution in [2.75, 3.05) is 11.1 Å². The molecule has 1 aromatic carbocycles. The standard InChI is InChI=1S/C13H19N3O2/c1-12(2)11(13(12,3)4)15-9-5-8(14)6-10(7-9)16(17)18/h5-7,11,15H,14H2,1-4H3. The molecule has 0 aromatic heterocycles. The Morgan fingerprint density at radius 3 is 2.22 bits per heavy atom. The maximum absolute atomic E-state index is 10.8. The van der Waals surface area contributed by atoms with Gasteiger partial charge in [0.15, 0.2) is 0 Å². The first-order valence-corrected chi connectivity index (χ1v) is 5.98. The molecule has 1 fully saturated rings. The molecule has 0 unspecified atom stereocenters. The lowest BCUT2D eigenvalue weighted by atomic mass is 10.0. The van der Waals surface area contributed by atoms with Gasteiger partial charge >= 0.3 is 0 Å². The van der Waals surface area contributed by atoms with Gasteiger partial charge in [0.2, 0.25) is 0 Å². The summed E-state index contributed by atoms with van der Waals surface area (Å²) in [6, 6.07) is 4.93. The molecule has 1 saturated carbocycles. The summed E-state index contributed by atoms with van der Waals surface area (Å²) < 4.78 is 0. The lowest BCUT2D eigenvalue weighted by Gasteiger charge is -2.09. The van der Waals surface area contributed by atoms with E-state index in [1.54, 1.807) is 6.07 Å². The third kappa shape index (κ3) is 1.79. The molecule has 5 heteroatoms. The molecule has 0 heterocycles. The molecule has 98 valence electrons. The molecule has 2 rings (SSSR count). The zero-order valence-corrected chi connectivity index (χ0v) is 11.2. The average Bonchev–Trinajstić information content (AvgIpc) is 2.60. The van der Waals surface area contributed by atoms with E-state index >= 15 is 0 Å². The Hall–Kier alpha value is -1.78. The molecule has 3 N–H and O–H groups in total. The SMILES string of the molecule is CC1(C)C(Nc2cc(N)cc([N+](=O)[O-])c2)C1(C)C. The van der Waals surface area contributed by atoms with Gasteiger partial charge in [-0.05, 0) is 16.9 Å². The fraction of sp³-hybridized carbons (Fsp3) is 0.538. The fourth-order valence-corrected chi connectivity index (χ4v) is 2.55. The third-order valence-electron chi connectivity index (χ3n) is 4.48. The number of hydrogen-bond acceptors (Lipinski definition) is 4. The van der Waals surface area contributed by atoms with Crippen LogP contribution >= 0.6 is 0 Å². The summed E-state index contributed by atoms with van der Waals surface area (Å²) in [5.74, 6) is 0. The number of nitrogen functional groups attached to an aromatic ring is 1. The van der Waals surface area contributed by atoms with Crippen LogP contribution < -0.4 is 11.1 Å². The number of nitrogens with one attached hydrogen (secondary N) is 1. The minimum absolute atomic E-state index is 0.0220. The van der Waals surface area contributed by atoms with E-state index in [9.17, 15) is 10.1 Å². The number of rotatable bonds is 3. The minimum Gasteiger partial charge on any atom is -0.398 e. The topological polar surface area (TPSA) is 81.2 Å². The Balaban J connectivity index is 2.24. The fourth-order valence-electron chi connectivity index (χ4n) is 2.55. The van der Waals surface area contributed by atoms with E-state index in [0.717, 1.165) is 0 Å². The van der Waals surface area contributed by atoms with Gasteiger partial charge in [0.1, 0.15) is 0 Å². The van der Waals surface area contributed by atoms with Crippen LogP contribution in [0, 0.1) is 20.9 Å². The summed E-state index contributed by atoms with van der Waals surface area (Å²) >= 11 is 0. The molecular weight excluding hydrogens is 230 g/mol. The highest BCUT2D eigenvalue weighted by Crippen LogP contribution is 2.63. The van der Waals surface area contributed by atoms with Gasteiger partial charge in [-0.15, -0.1) is 0 Å². The highest BCUT2D eigenvalue weighted by Gasteiger charge is 2.64. The van der Waals surface area contributed by atoms with Crippen LogP contribution in [-0.2, 0) is 0 Å². The largest absolute Gasteiger partial charge is 0.398 e. The van der Waals surface area contributed by atoms with Gasteiger partial charge in [-0.25, -0.2) is 0 Å². The van der Waals surface area contributed by atoms with Gasteiger partial charge in [0.25, 0.3) is 5.69 Å². The molecule has 0 aliphatic heterocycles. The first-order chi connectivity index (χ1) is 8.16. The van der Waals surface area contributed by atoms with Crippen molar-refractivity contribution in [2.24, 2.45) is 10.8 Å². The second kappa shape index (κ2) is 3.60. The first-order valence-electron chi connectivity index (χ1n) is 5.98. The molecule has 5 nitrogen and oxygen atoms in total. The number of nitro benzene ring substituents is 1. The molecule has 18 heavy (non-hydrogen) atoms. The van der Waals surface area contributed by atoms with E-state index in [2.05, 4.69) is 33.0 Å². The van der Waals surface area contributed by atoms with Crippen LogP contribution in [0.4, 0.5) is 17.1 Å². The quantitative estimate of drug-likeness (QED) is 0.490. The normalized spacial score (nSPS) is 20.4. The second-order valence-electron chi connectivity index (χ2n) is 6.09.